The van der Waals surface area contributed by atoms with Gasteiger partial charge in [0.25, 0.3) is 0 Å². The van der Waals surface area contributed by atoms with Crippen LogP contribution in [0.15, 0.2) is 23.1 Å². The number of sulfonamides is 1. The fourth-order valence-corrected chi connectivity index (χ4v) is 5.93. The predicted octanol–water partition coefficient (Wildman–Crippen LogP) is 3.70. The zero-order valence-electron chi connectivity index (χ0n) is 18.2. The number of rotatable bonds is 7. The number of ketones is 2. The molecule has 1 aromatic carbocycles. The van der Waals surface area contributed by atoms with Crippen LogP contribution in [0, 0.1) is 13.8 Å². The summed E-state index contributed by atoms with van der Waals surface area (Å²) in [6.07, 6.45) is 2.50. The van der Waals surface area contributed by atoms with Crippen LogP contribution < -0.4 is 0 Å². The summed E-state index contributed by atoms with van der Waals surface area (Å²) in [7, 11) is -3.85. The third-order valence-corrected chi connectivity index (χ3v) is 7.88. The number of aromatic nitrogens is 1. The van der Waals surface area contributed by atoms with Crippen molar-refractivity contribution in [2.24, 2.45) is 0 Å². The van der Waals surface area contributed by atoms with E-state index in [9.17, 15) is 22.8 Å². The molecule has 0 amide bonds. The molecule has 8 nitrogen and oxygen atoms in total. The molecule has 172 valence electrons. The molecule has 0 radical (unpaired) electrons. The van der Waals surface area contributed by atoms with Crippen LogP contribution >= 0.6 is 11.6 Å². The van der Waals surface area contributed by atoms with Gasteiger partial charge in [-0.3, -0.25) is 9.59 Å². The topological polar surface area (TPSA) is 114 Å². The number of halogens is 1. The zero-order valence-corrected chi connectivity index (χ0v) is 19.7. The van der Waals surface area contributed by atoms with E-state index in [1.807, 2.05) is 0 Å². The molecule has 1 aliphatic heterocycles. The Hall–Kier alpha value is -2.49. The minimum Gasteiger partial charge on any atom is -0.454 e. The Morgan fingerprint density at radius 1 is 1.12 bits per heavy atom. The quantitative estimate of drug-likeness (QED) is 0.477. The molecule has 3 rings (SSSR count). The minimum atomic E-state index is -3.85. The van der Waals surface area contributed by atoms with Gasteiger partial charge in [-0.2, -0.15) is 4.31 Å². The summed E-state index contributed by atoms with van der Waals surface area (Å²) in [5.74, 6) is -1.52. The van der Waals surface area contributed by atoms with E-state index in [4.69, 9.17) is 16.3 Å². The van der Waals surface area contributed by atoms with Gasteiger partial charge < -0.3 is 9.72 Å². The van der Waals surface area contributed by atoms with E-state index < -0.39 is 28.4 Å². The lowest BCUT2D eigenvalue weighted by Crippen LogP contribution is -2.35. The molecule has 2 heterocycles. The average molecular weight is 481 g/mol. The highest BCUT2D eigenvalue weighted by Gasteiger charge is 2.29. The normalized spacial score (nSPS) is 14.9. The first-order valence-electron chi connectivity index (χ1n) is 10.2. The molecule has 0 aliphatic carbocycles. The van der Waals surface area contributed by atoms with Gasteiger partial charge in [-0.1, -0.05) is 18.0 Å². The number of aromatic amines is 1. The number of piperidine rings is 1. The van der Waals surface area contributed by atoms with E-state index >= 15 is 0 Å². The van der Waals surface area contributed by atoms with Crippen molar-refractivity contribution in [3.8, 4) is 0 Å². The SMILES string of the molecule is CC(=O)c1c(C)[nH]c(C(=O)COC(=O)c2ccc(Cl)c(S(=O)(=O)N3CCCCC3)c2)c1C. The van der Waals surface area contributed by atoms with Gasteiger partial charge in [0.1, 0.15) is 4.90 Å². The van der Waals surface area contributed by atoms with Crippen LogP contribution in [0.25, 0.3) is 0 Å². The number of nitrogens with zero attached hydrogens (tertiary/aromatic N) is 1. The highest BCUT2D eigenvalue weighted by molar-refractivity contribution is 7.89. The Balaban J connectivity index is 1.76. The molecule has 1 saturated heterocycles. The van der Waals surface area contributed by atoms with Gasteiger partial charge in [-0.15, -0.1) is 0 Å². The van der Waals surface area contributed by atoms with E-state index in [1.54, 1.807) is 13.8 Å². The predicted molar refractivity (Wildman–Crippen MR) is 119 cm³/mol. The summed E-state index contributed by atoms with van der Waals surface area (Å²) in [5.41, 5.74) is 1.67. The molecule has 0 unspecified atom stereocenters. The monoisotopic (exact) mass is 480 g/mol. The zero-order chi connectivity index (χ0) is 23.6. The van der Waals surface area contributed by atoms with Crippen LogP contribution in [0.5, 0.6) is 0 Å². The summed E-state index contributed by atoms with van der Waals surface area (Å²) < 4.78 is 32.4. The number of esters is 1. The molecular formula is C22H25ClN2O6S. The van der Waals surface area contributed by atoms with Crippen molar-refractivity contribution >= 4 is 39.2 Å². The smallest absolute Gasteiger partial charge is 0.338 e. The molecule has 1 fully saturated rings. The Morgan fingerprint density at radius 2 is 1.78 bits per heavy atom. The first kappa shape index (κ1) is 24.2. The molecular weight excluding hydrogens is 456 g/mol. The van der Waals surface area contributed by atoms with Gasteiger partial charge in [0, 0.05) is 24.3 Å². The standard InChI is InChI=1S/C22H25ClN2O6S/c1-13-20(15(3)26)14(2)24-21(13)18(27)12-31-22(28)16-7-8-17(23)19(11-16)32(29,30)25-9-5-4-6-10-25/h7-8,11,24H,4-6,9-10,12H2,1-3H3. The van der Waals surface area contributed by atoms with Crippen LogP contribution in [0.4, 0.5) is 0 Å². The Morgan fingerprint density at radius 3 is 2.38 bits per heavy atom. The van der Waals surface area contributed by atoms with Crippen LogP contribution in [0.3, 0.4) is 0 Å². The Bertz CT molecular complexity index is 1180. The number of carbonyl (C=O) groups excluding carboxylic acids is 3. The number of nitrogens with one attached hydrogen (secondary N) is 1. The van der Waals surface area contributed by atoms with Gasteiger partial charge in [0.05, 0.1) is 16.3 Å². The van der Waals surface area contributed by atoms with Crippen molar-refractivity contribution in [3.05, 3.63) is 51.3 Å². The fourth-order valence-electron chi connectivity index (χ4n) is 3.92. The van der Waals surface area contributed by atoms with Gasteiger partial charge >= 0.3 is 5.97 Å². The molecule has 0 spiro atoms. The van der Waals surface area contributed by atoms with Crippen molar-refractivity contribution in [1.29, 1.82) is 0 Å². The maximum absolute atomic E-state index is 13.0. The Kier molecular flexibility index (Phi) is 7.22. The number of hydrogen-bond acceptors (Lipinski definition) is 6. The van der Waals surface area contributed by atoms with E-state index in [-0.39, 0.29) is 27.0 Å². The maximum Gasteiger partial charge on any atom is 0.338 e. The lowest BCUT2D eigenvalue weighted by Gasteiger charge is -2.26. The largest absolute Gasteiger partial charge is 0.454 e. The van der Waals surface area contributed by atoms with Crippen LogP contribution in [-0.4, -0.2) is 54.9 Å². The third-order valence-electron chi connectivity index (χ3n) is 5.50. The maximum atomic E-state index is 13.0. The minimum absolute atomic E-state index is 0.0115. The number of aryl methyl sites for hydroxylation is 1. The summed E-state index contributed by atoms with van der Waals surface area (Å²) in [4.78, 5) is 39.5. The van der Waals surface area contributed by atoms with Crippen molar-refractivity contribution in [2.75, 3.05) is 19.7 Å². The second kappa shape index (κ2) is 9.56. The number of H-pyrrole nitrogens is 1. The van der Waals surface area contributed by atoms with E-state index in [1.165, 1.54) is 29.4 Å². The number of hydrogen-bond donors (Lipinski definition) is 1. The third kappa shape index (κ3) is 4.79. The molecule has 2 aromatic rings. The van der Waals surface area contributed by atoms with Crippen LogP contribution in [0.1, 0.15) is 68.6 Å². The second-order valence-electron chi connectivity index (χ2n) is 7.79. The van der Waals surface area contributed by atoms with Gasteiger partial charge in [-0.25, -0.2) is 13.2 Å². The molecule has 0 atom stereocenters. The molecule has 0 saturated carbocycles. The number of Topliss-reactive ketones (excluding diaryl/α,β-unsaturated/α-hetero) is 2. The summed E-state index contributed by atoms with van der Waals surface area (Å²) in [5, 5.41) is 0.0115. The molecule has 1 aliphatic rings. The van der Waals surface area contributed by atoms with E-state index in [0.29, 0.717) is 29.9 Å². The van der Waals surface area contributed by atoms with E-state index in [0.717, 1.165) is 19.3 Å². The van der Waals surface area contributed by atoms with E-state index in [2.05, 4.69) is 4.98 Å². The van der Waals surface area contributed by atoms with Crippen LogP contribution in [0.2, 0.25) is 5.02 Å². The van der Waals surface area contributed by atoms with Crippen LogP contribution in [-0.2, 0) is 14.8 Å². The van der Waals surface area contributed by atoms with Gasteiger partial charge in [0.2, 0.25) is 15.8 Å². The molecule has 0 bridgehead atoms. The van der Waals surface area contributed by atoms with Crippen molar-refractivity contribution in [1.82, 2.24) is 9.29 Å². The number of carbonyl (C=O) groups is 3. The molecule has 1 aromatic heterocycles. The van der Waals surface area contributed by atoms with Crippen molar-refractivity contribution in [3.63, 3.8) is 0 Å². The summed E-state index contributed by atoms with van der Waals surface area (Å²) in [6, 6.07) is 3.85. The average Bonchev–Trinajstić information content (AvgIpc) is 3.06. The second-order valence-corrected chi connectivity index (χ2v) is 10.1. The first-order valence-corrected chi connectivity index (χ1v) is 12.1. The molecule has 10 heteroatoms. The summed E-state index contributed by atoms with van der Waals surface area (Å²) in [6.45, 7) is 4.98. The fraction of sp³-hybridized carbons (Fsp3) is 0.409. The van der Waals surface area contributed by atoms with Gasteiger partial charge in [0.15, 0.2) is 12.4 Å². The van der Waals surface area contributed by atoms with Crippen molar-refractivity contribution in [2.45, 2.75) is 44.9 Å². The molecule has 1 N–H and O–H groups in total. The highest BCUT2D eigenvalue weighted by Crippen LogP contribution is 2.28. The highest BCUT2D eigenvalue weighted by atomic mass is 35.5. The first-order chi connectivity index (χ1) is 15.0. The van der Waals surface area contributed by atoms with Gasteiger partial charge in [-0.05, 0) is 57.4 Å². The number of ether oxygens (including phenoxy) is 1. The molecule has 32 heavy (non-hydrogen) atoms. The lowest BCUT2D eigenvalue weighted by atomic mass is 10.1. The summed E-state index contributed by atoms with van der Waals surface area (Å²) >= 11 is 6.13. The number of benzene rings is 1. The Labute approximate surface area is 191 Å². The lowest BCUT2D eigenvalue weighted by molar-refractivity contribution is 0.0473. The van der Waals surface area contributed by atoms with Crippen molar-refractivity contribution < 1.29 is 27.5 Å².